The summed E-state index contributed by atoms with van der Waals surface area (Å²) < 4.78 is 29.0. The second-order valence-electron chi connectivity index (χ2n) is 11.2. The molecule has 39 heavy (non-hydrogen) atoms. The number of carbonyl (C=O) groups excluding carboxylic acids is 1. The quantitative estimate of drug-likeness (QED) is 0.372. The molecule has 1 amide bonds. The molecule has 4 aromatic rings. The first kappa shape index (κ1) is 25.3. The molecule has 0 saturated carbocycles. The topological polar surface area (TPSA) is 95.5 Å². The highest BCUT2D eigenvalue weighted by Crippen LogP contribution is 2.37. The van der Waals surface area contributed by atoms with E-state index in [-0.39, 0.29) is 17.6 Å². The number of nitrogens with one attached hydrogen (secondary N) is 1. The molecule has 2 aliphatic rings. The largest absolute Gasteiger partial charge is 0.351 e. The zero-order chi connectivity index (χ0) is 27.4. The van der Waals surface area contributed by atoms with Gasteiger partial charge in [0.1, 0.15) is 11.6 Å². The molecule has 0 bridgehead atoms. The van der Waals surface area contributed by atoms with Gasteiger partial charge in [-0.3, -0.25) is 4.79 Å². The molecule has 6 rings (SSSR count). The van der Waals surface area contributed by atoms with E-state index >= 15 is 0 Å². The maximum Gasteiger partial charge on any atom is 0.281 e. The maximum atomic E-state index is 13.4. The molecule has 4 heterocycles. The Balaban J connectivity index is 0.00000323. The third-order valence-corrected chi connectivity index (χ3v) is 8.93. The average molecular weight is 544 g/mol. The molecule has 1 N–H and O–H groups in total. The highest BCUT2D eigenvalue weighted by atomic mass is 32.2. The van der Waals surface area contributed by atoms with Gasteiger partial charge >= 0.3 is 0 Å². The smallest absolute Gasteiger partial charge is 0.281 e. The minimum atomic E-state index is -4.23. The van der Waals surface area contributed by atoms with Crippen molar-refractivity contribution in [1.82, 2.24) is 14.7 Å². The monoisotopic (exact) mass is 543 g/mol. The van der Waals surface area contributed by atoms with Crippen LogP contribution in [0.2, 0.25) is 0 Å². The highest BCUT2D eigenvalue weighted by molar-refractivity contribution is 7.90. The molecule has 1 unspecified atom stereocenters. The van der Waals surface area contributed by atoms with Crippen LogP contribution in [0.4, 0.5) is 11.6 Å². The zero-order valence-corrected chi connectivity index (χ0v) is 23.1. The van der Waals surface area contributed by atoms with Crippen LogP contribution in [-0.2, 0) is 23.1 Å². The molecule has 202 valence electrons. The molecular formula is C30H33N5O3S. The van der Waals surface area contributed by atoms with Crippen LogP contribution < -0.4 is 14.5 Å². The van der Waals surface area contributed by atoms with Crippen molar-refractivity contribution in [3.63, 3.8) is 0 Å². The Bertz CT molecular complexity index is 1670. The van der Waals surface area contributed by atoms with E-state index in [2.05, 4.69) is 64.6 Å². The Hall–Kier alpha value is -3.98. The van der Waals surface area contributed by atoms with Crippen molar-refractivity contribution < 1.29 is 14.6 Å². The molecule has 1 atom stereocenters. The van der Waals surface area contributed by atoms with E-state index in [0.717, 1.165) is 13.0 Å². The van der Waals surface area contributed by atoms with Crippen molar-refractivity contribution in [3.8, 4) is 0 Å². The summed E-state index contributed by atoms with van der Waals surface area (Å²) in [5.74, 6) is 0.732. The van der Waals surface area contributed by atoms with E-state index < -0.39 is 15.9 Å². The molecule has 2 aromatic carbocycles. The number of anilines is 2. The number of carbonyl (C=O) groups is 1. The van der Waals surface area contributed by atoms with Crippen LogP contribution in [0.15, 0.2) is 78.0 Å². The van der Waals surface area contributed by atoms with Crippen molar-refractivity contribution in [2.45, 2.75) is 50.8 Å². The van der Waals surface area contributed by atoms with E-state index in [1.807, 2.05) is 17.0 Å². The minimum Gasteiger partial charge on any atom is -0.351 e. The molecular weight excluding hydrogens is 510 g/mol. The SMILES string of the molecule is CC1CN(c2ncccc2C(=O)NS(=O)(=O)c2cccc(N3Cc4cccc5cccc(c45)C3)n2)C(C)(C)C1.[HH]. The summed E-state index contributed by atoms with van der Waals surface area (Å²) in [7, 11) is -4.23. The number of nitrogens with zero attached hydrogens (tertiary/aromatic N) is 4. The summed E-state index contributed by atoms with van der Waals surface area (Å²) in [6, 6.07) is 20.6. The van der Waals surface area contributed by atoms with Gasteiger partial charge in [-0.05, 0) is 72.4 Å². The fourth-order valence-electron chi connectivity index (χ4n) is 6.10. The Labute approximate surface area is 230 Å². The van der Waals surface area contributed by atoms with E-state index in [1.165, 1.54) is 28.0 Å². The number of pyridine rings is 2. The average Bonchev–Trinajstić information content (AvgIpc) is 3.20. The summed E-state index contributed by atoms with van der Waals surface area (Å²) >= 11 is 0. The van der Waals surface area contributed by atoms with Crippen LogP contribution in [0, 0.1) is 5.92 Å². The first-order chi connectivity index (χ1) is 18.6. The number of amides is 1. The van der Waals surface area contributed by atoms with Gasteiger partial charge in [0.15, 0.2) is 5.03 Å². The van der Waals surface area contributed by atoms with Crippen LogP contribution in [-0.4, -0.2) is 36.4 Å². The van der Waals surface area contributed by atoms with Gasteiger partial charge in [-0.1, -0.05) is 49.4 Å². The normalized spacial score (nSPS) is 18.4. The summed E-state index contributed by atoms with van der Waals surface area (Å²) in [4.78, 5) is 26.4. The van der Waals surface area contributed by atoms with E-state index in [9.17, 15) is 13.2 Å². The van der Waals surface area contributed by atoms with Gasteiger partial charge in [-0.25, -0.2) is 14.7 Å². The lowest BCUT2D eigenvalue weighted by Gasteiger charge is -2.33. The van der Waals surface area contributed by atoms with Crippen molar-refractivity contribution >= 4 is 38.3 Å². The molecule has 1 saturated heterocycles. The number of hydrogen-bond acceptors (Lipinski definition) is 7. The summed E-state index contributed by atoms with van der Waals surface area (Å²) in [5, 5.41) is 2.24. The van der Waals surface area contributed by atoms with Gasteiger partial charge in [0.05, 0.1) is 5.56 Å². The Kier molecular flexibility index (Phi) is 6.06. The fourth-order valence-corrected chi connectivity index (χ4v) is 7.03. The zero-order valence-electron chi connectivity index (χ0n) is 22.3. The predicted octanol–water partition coefficient (Wildman–Crippen LogP) is 5.14. The number of benzene rings is 2. The van der Waals surface area contributed by atoms with Crippen LogP contribution in [0.1, 0.15) is 50.1 Å². The Morgan fingerprint density at radius 3 is 2.36 bits per heavy atom. The fraction of sp³-hybridized carbons (Fsp3) is 0.300. The van der Waals surface area contributed by atoms with Gasteiger partial charge < -0.3 is 9.80 Å². The standard InChI is InChI=1S/C30H31N5O3S.H2/c1-20-16-30(2,3)35(17-20)28-24(12-7-15-31-28)29(36)33-39(37,38)26-14-6-13-25(32-26)34-18-22-10-4-8-21-9-5-11-23(19-34)27(21)22;/h4-15,20H,16-19H2,1-3H3,(H,33,36);1H. The first-order valence-corrected chi connectivity index (χ1v) is 14.6. The van der Waals surface area contributed by atoms with Gasteiger partial charge in [0.25, 0.3) is 15.9 Å². The second-order valence-corrected chi connectivity index (χ2v) is 12.8. The Morgan fingerprint density at radius 2 is 1.69 bits per heavy atom. The van der Waals surface area contributed by atoms with Crippen molar-refractivity contribution in [2.75, 3.05) is 16.3 Å². The third kappa shape index (κ3) is 4.61. The minimum absolute atomic E-state index is 0. The maximum absolute atomic E-state index is 13.4. The molecule has 2 aromatic heterocycles. The second kappa shape index (κ2) is 9.34. The summed E-state index contributed by atoms with van der Waals surface area (Å²) in [5.41, 5.74) is 2.36. The van der Waals surface area contributed by atoms with Gasteiger partial charge in [0, 0.05) is 32.8 Å². The van der Waals surface area contributed by atoms with Crippen molar-refractivity contribution in [1.29, 1.82) is 0 Å². The molecule has 0 aliphatic carbocycles. The highest BCUT2D eigenvalue weighted by Gasteiger charge is 2.39. The van der Waals surface area contributed by atoms with E-state index in [0.29, 0.717) is 30.6 Å². The lowest BCUT2D eigenvalue weighted by atomic mass is 9.95. The van der Waals surface area contributed by atoms with Crippen LogP contribution >= 0.6 is 0 Å². The van der Waals surface area contributed by atoms with E-state index in [4.69, 9.17) is 0 Å². The number of hydrogen-bond donors (Lipinski definition) is 1. The molecule has 0 spiro atoms. The lowest BCUT2D eigenvalue weighted by Crippen LogP contribution is -2.41. The summed E-state index contributed by atoms with van der Waals surface area (Å²) in [6.45, 7) is 8.35. The molecule has 2 aliphatic heterocycles. The first-order valence-electron chi connectivity index (χ1n) is 13.1. The molecule has 1 fully saturated rings. The van der Waals surface area contributed by atoms with Crippen molar-refractivity contribution in [3.05, 3.63) is 89.6 Å². The molecule has 9 heteroatoms. The molecule has 0 radical (unpaired) electrons. The van der Waals surface area contributed by atoms with Gasteiger partial charge in [0.2, 0.25) is 0 Å². The Morgan fingerprint density at radius 1 is 1.00 bits per heavy atom. The third-order valence-electron chi connectivity index (χ3n) is 7.69. The lowest BCUT2D eigenvalue weighted by molar-refractivity contribution is 0.0981. The summed E-state index contributed by atoms with van der Waals surface area (Å²) in [6.07, 6.45) is 2.58. The van der Waals surface area contributed by atoms with Gasteiger partial charge in [-0.15, -0.1) is 0 Å². The van der Waals surface area contributed by atoms with Crippen molar-refractivity contribution in [2.24, 2.45) is 5.92 Å². The molecule has 8 nitrogen and oxygen atoms in total. The van der Waals surface area contributed by atoms with E-state index in [1.54, 1.807) is 30.5 Å². The van der Waals surface area contributed by atoms with Crippen LogP contribution in [0.3, 0.4) is 0 Å². The number of sulfonamides is 1. The number of rotatable bonds is 5. The van der Waals surface area contributed by atoms with Gasteiger partial charge in [-0.2, -0.15) is 8.42 Å². The predicted molar refractivity (Wildman–Crippen MR) is 154 cm³/mol. The van der Waals surface area contributed by atoms with Crippen LogP contribution in [0.5, 0.6) is 0 Å². The van der Waals surface area contributed by atoms with Crippen LogP contribution in [0.25, 0.3) is 10.8 Å². The number of aromatic nitrogens is 2.